The molecule has 2 aromatic rings. The van der Waals surface area contributed by atoms with E-state index in [4.69, 9.17) is 4.74 Å². The Morgan fingerprint density at radius 1 is 1.18 bits per heavy atom. The first-order valence-electron chi connectivity index (χ1n) is 10.7. The Hall–Kier alpha value is -2.54. The molecule has 0 aliphatic carbocycles. The summed E-state index contributed by atoms with van der Waals surface area (Å²) in [5.41, 5.74) is -0.489. The third-order valence-electron chi connectivity index (χ3n) is 5.51. The molecule has 1 aliphatic heterocycles. The summed E-state index contributed by atoms with van der Waals surface area (Å²) in [6.07, 6.45) is 0. The van der Waals surface area contributed by atoms with Crippen molar-refractivity contribution in [3.63, 3.8) is 0 Å². The molecule has 0 bridgehead atoms. The lowest BCUT2D eigenvalue weighted by molar-refractivity contribution is -0.386. The number of ether oxygens (including phenoxy) is 1. The van der Waals surface area contributed by atoms with Gasteiger partial charge in [0.2, 0.25) is 10.0 Å². The van der Waals surface area contributed by atoms with Crippen LogP contribution in [0.15, 0.2) is 40.6 Å². The summed E-state index contributed by atoms with van der Waals surface area (Å²) in [7, 11) is -3.85. The van der Waals surface area contributed by atoms with Crippen LogP contribution in [0.5, 0.6) is 5.75 Å². The van der Waals surface area contributed by atoms with Gasteiger partial charge in [-0.05, 0) is 23.6 Å². The van der Waals surface area contributed by atoms with E-state index in [1.165, 1.54) is 21.3 Å². The van der Waals surface area contributed by atoms with Crippen molar-refractivity contribution in [3.8, 4) is 5.75 Å². The maximum Gasteiger partial charge on any atom is 0.312 e. The third-order valence-corrected chi connectivity index (χ3v) is 8.41. The van der Waals surface area contributed by atoms with E-state index in [1.54, 1.807) is 30.1 Å². The number of benzene rings is 1. The molecule has 2 heterocycles. The number of nitro benzene ring substituents is 1. The monoisotopic (exact) mass is 496 g/mol. The maximum absolute atomic E-state index is 12.7. The number of thiophene rings is 1. The zero-order valence-electron chi connectivity index (χ0n) is 18.7. The van der Waals surface area contributed by atoms with Crippen LogP contribution in [-0.4, -0.2) is 79.2 Å². The predicted molar refractivity (Wildman–Crippen MR) is 125 cm³/mol. The highest BCUT2D eigenvalue weighted by Gasteiger charge is 2.27. The number of piperazine rings is 1. The normalized spacial score (nSPS) is 15.1. The number of carbonyl (C=O) groups is 1. The van der Waals surface area contributed by atoms with Crippen LogP contribution >= 0.6 is 11.3 Å². The molecule has 1 aliphatic rings. The van der Waals surface area contributed by atoms with E-state index in [9.17, 15) is 23.3 Å². The third kappa shape index (κ3) is 6.08. The van der Waals surface area contributed by atoms with E-state index in [1.807, 2.05) is 11.4 Å². The van der Waals surface area contributed by atoms with E-state index in [-0.39, 0.29) is 36.2 Å². The molecule has 33 heavy (non-hydrogen) atoms. The average Bonchev–Trinajstić information content (AvgIpc) is 3.31. The minimum absolute atomic E-state index is 0.136. The molecule has 1 amide bonds. The number of sulfonamides is 1. The van der Waals surface area contributed by atoms with Crippen LogP contribution in [0.3, 0.4) is 0 Å². The van der Waals surface area contributed by atoms with E-state index < -0.39 is 20.6 Å². The van der Waals surface area contributed by atoms with Crippen LogP contribution in [0.25, 0.3) is 0 Å². The summed E-state index contributed by atoms with van der Waals surface area (Å²) >= 11 is 1.70. The summed E-state index contributed by atoms with van der Waals surface area (Å²) in [6.45, 7) is 6.97. The number of amides is 1. The zero-order valence-corrected chi connectivity index (χ0v) is 20.3. The van der Waals surface area contributed by atoms with Gasteiger partial charge in [-0.1, -0.05) is 19.9 Å². The van der Waals surface area contributed by atoms with E-state index in [2.05, 4.69) is 11.0 Å². The molecule has 0 unspecified atom stereocenters. The molecule has 0 radical (unpaired) electrons. The Bertz CT molecular complexity index is 1060. The molecule has 1 aromatic heterocycles. The summed E-state index contributed by atoms with van der Waals surface area (Å²) < 4.78 is 32.0. The van der Waals surface area contributed by atoms with Crippen molar-refractivity contribution >= 4 is 33.0 Å². The summed E-state index contributed by atoms with van der Waals surface area (Å²) in [6, 6.07) is 7.59. The number of hydrogen-bond acceptors (Lipinski definition) is 8. The molecule has 1 saturated heterocycles. The molecule has 1 aromatic carbocycles. The van der Waals surface area contributed by atoms with Gasteiger partial charge in [0.1, 0.15) is 0 Å². The Kier molecular flexibility index (Phi) is 8.40. The highest BCUT2D eigenvalue weighted by molar-refractivity contribution is 7.89. The highest BCUT2D eigenvalue weighted by Crippen LogP contribution is 2.31. The van der Waals surface area contributed by atoms with Crippen LogP contribution < -0.4 is 4.74 Å². The zero-order chi connectivity index (χ0) is 24.0. The summed E-state index contributed by atoms with van der Waals surface area (Å²) in [4.78, 5) is 28.5. The summed E-state index contributed by atoms with van der Waals surface area (Å²) in [5, 5.41) is 13.6. The minimum atomic E-state index is -3.85. The standard InChI is InChI=1S/C21H28N4O6S2/c1-3-24(4-2)33(29,30)18-7-8-20(19(14-18)25(27)28)31-16-21(26)23-11-9-22(10-12-23)15-17-6-5-13-32-17/h5-8,13-14H,3-4,9-12,15-16H2,1-2H3. The molecular formula is C21H28N4O6S2. The van der Waals surface area contributed by atoms with Crippen molar-refractivity contribution in [1.82, 2.24) is 14.1 Å². The second kappa shape index (κ2) is 11.1. The van der Waals surface area contributed by atoms with Crippen molar-refractivity contribution < 1.29 is 22.9 Å². The van der Waals surface area contributed by atoms with Gasteiger partial charge in [-0.2, -0.15) is 4.31 Å². The van der Waals surface area contributed by atoms with E-state index in [0.717, 1.165) is 25.7 Å². The fourth-order valence-corrected chi connectivity index (χ4v) is 5.87. The van der Waals surface area contributed by atoms with Gasteiger partial charge in [-0.25, -0.2) is 8.42 Å². The number of carbonyl (C=O) groups excluding carboxylic acids is 1. The minimum Gasteiger partial charge on any atom is -0.477 e. The number of nitro groups is 1. The van der Waals surface area contributed by atoms with Gasteiger partial charge in [0, 0.05) is 56.8 Å². The Balaban J connectivity index is 1.61. The molecule has 0 N–H and O–H groups in total. The van der Waals surface area contributed by atoms with Gasteiger partial charge in [0.05, 0.1) is 9.82 Å². The van der Waals surface area contributed by atoms with E-state index in [0.29, 0.717) is 13.1 Å². The SMILES string of the molecule is CCN(CC)S(=O)(=O)c1ccc(OCC(=O)N2CCN(Cc3cccs3)CC2)c([N+](=O)[O-])c1. The van der Waals surface area contributed by atoms with Crippen LogP contribution in [0, 0.1) is 10.1 Å². The largest absolute Gasteiger partial charge is 0.477 e. The second-order valence-corrected chi connectivity index (χ2v) is 10.5. The van der Waals surface area contributed by atoms with Crippen molar-refractivity contribution in [3.05, 3.63) is 50.7 Å². The quantitative estimate of drug-likeness (QED) is 0.367. The van der Waals surface area contributed by atoms with Crippen LogP contribution in [0.1, 0.15) is 18.7 Å². The maximum atomic E-state index is 12.7. The molecule has 3 rings (SSSR count). The van der Waals surface area contributed by atoms with Crippen LogP contribution in [0.2, 0.25) is 0 Å². The van der Waals surface area contributed by atoms with Gasteiger partial charge in [0.25, 0.3) is 5.91 Å². The van der Waals surface area contributed by atoms with Crippen molar-refractivity contribution in [2.45, 2.75) is 25.3 Å². The fourth-order valence-electron chi connectivity index (χ4n) is 3.64. The topological polar surface area (TPSA) is 113 Å². The molecule has 1 fully saturated rings. The Labute approximate surface area is 197 Å². The lowest BCUT2D eigenvalue weighted by Crippen LogP contribution is -2.49. The molecule has 0 spiro atoms. The molecule has 12 heteroatoms. The number of rotatable bonds is 10. The lowest BCUT2D eigenvalue weighted by atomic mass is 10.3. The van der Waals surface area contributed by atoms with E-state index >= 15 is 0 Å². The van der Waals surface area contributed by atoms with Gasteiger partial charge < -0.3 is 9.64 Å². The van der Waals surface area contributed by atoms with Crippen molar-refractivity contribution in [1.29, 1.82) is 0 Å². The fraction of sp³-hybridized carbons (Fsp3) is 0.476. The van der Waals surface area contributed by atoms with Gasteiger partial charge in [-0.15, -0.1) is 11.3 Å². The van der Waals surface area contributed by atoms with Gasteiger partial charge in [0.15, 0.2) is 12.4 Å². The smallest absolute Gasteiger partial charge is 0.312 e. The molecular weight excluding hydrogens is 468 g/mol. The first kappa shape index (κ1) is 25.1. The number of hydrogen-bond donors (Lipinski definition) is 0. The predicted octanol–water partition coefficient (Wildman–Crippen LogP) is 2.41. The van der Waals surface area contributed by atoms with Crippen molar-refractivity contribution in [2.75, 3.05) is 45.9 Å². The molecule has 10 nitrogen and oxygen atoms in total. The Morgan fingerprint density at radius 3 is 2.45 bits per heavy atom. The average molecular weight is 497 g/mol. The van der Waals surface area contributed by atoms with Gasteiger partial charge >= 0.3 is 5.69 Å². The van der Waals surface area contributed by atoms with Crippen LogP contribution in [0.4, 0.5) is 5.69 Å². The Morgan fingerprint density at radius 2 is 1.88 bits per heavy atom. The van der Waals surface area contributed by atoms with Gasteiger partial charge in [-0.3, -0.25) is 19.8 Å². The molecule has 0 saturated carbocycles. The van der Waals surface area contributed by atoms with Crippen LogP contribution in [-0.2, 0) is 21.4 Å². The molecule has 180 valence electrons. The lowest BCUT2D eigenvalue weighted by Gasteiger charge is -2.34. The van der Waals surface area contributed by atoms with Crippen molar-refractivity contribution in [2.24, 2.45) is 0 Å². The second-order valence-electron chi connectivity index (χ2n) is 7.50. The first-order chi connectivity index (χ1) is 15.8. The first-order valence-corrected chi connectivity index (χ1v) is 13.0. The molecule has 0 atom stereocenters. The summed E-state index contributed by atoms with van der Waals surface area (Å²) in [5.74, 6) is -0.400. The number of nitrogens with zero attached hydrogens (tertiary/aromatic N) is 4. The highest BCUT2D eigenvalue weighted by atomic mass is 32.2.